The fourth-order valence-corrected chi connectivity index (χ4v) is 3.90. The lowest BCUT2D eigenvalue weighted by atomic mass is 10.1. The maximum atomic E-state index is 11.4. The highest BCUT2D eigenvalue weighted by atomic mass is 79.9. The second kappa shape index (κ2) is 12.7. The van der Waals surface area contributed by atoms with Gasteiger partial charge in [-0.15, -0.1) is 0 Å². The lowest BCUT2D eigenvalue weighted by Gasteiger charge is -2.05. The molecule has 0 aliphatic carbocycles. The molecular weight excluding hydrogens is 659 g/mol. The number of carbonyl (C=O) groups excluding carboxylic acids is 2. The molecule has 196 valence electrons. The van der Waals surface area contributed by atoms with Gasteiger partial charge in [-0.05, 0) is 87.5 Å². The van der Waals surface area contributed by atoms with Gasteiger partial charge in [-0.1, -0.05) is 23.2 Å². The first kappa shape index (κ1) is 30.6. The van der Waals surface area contributed by atoms with Crippen LogP contribution in [0.2, 0.25) is 10.0 Å². The van der Waals surface area contributed by atoms with Gasteiger partial charge in [0, 0.05) is 35.7 Å². The fraction of sp³-hybridized carbons (Fsp3) is 0.200. The maximum absolute atomic E-state index is 11.4. The zero-order valence-corrected chi connectivity index (χ0v) is 24.8. The number of aryl methyl sites for hydroxylation is 3. The summed E-state index contributed by atoms with van der Waals surface area (Å²) in [5.74, 6) is -1.23. The molecular formula is C25H20Br2Cl2O8. The monoisotopic (exact) mass is 676 g/mol. The molecule has 0 saturated heterocycles. The molecule has 0 bridgehead atoms. The van der Waals surface area contributed by atoms with Gasteiger partial charge in [-0.25, -0.2) is 9.59 Å². The number of aromatic hydroxyl groups is 1. The van der Waals surface area contributed by atoms with Crippen molar-refractivity contribution in [3.8, 4) is 5.75 Å². The summed E-state index contributed by atoms with van der Waals surface area (Å²) in [6.45, 7) is 7.87. The molecule has 0 unspecified atom stereocenters. The molecule has 2 aromatic carbocycles. The number of hydrogen-bond donors (Lipinski definition) is 1. The van der Waals surface area contributed by atoms with E-state index in [1.807, 2.05) is 19.9 Å². The summed E-state index contributed by atoms with van der Waals surface area (Å²) < 4.78 is 14.9. The van der Waals surface area contributed by atoms with Gasteiger partial charge in [0.05, 0.1) is 5.02 Å². The number of carbonyl (C=O) groups is 2. The highest BCUT2D eigenvalue weighted by Gasteiger charge is 2.12. The van der Waals surface area contributed by atoms with Crippen LogP contribution in [0.5, 0.6) is 5.75 Å². The van der Waals surface area contributed by atoms with Crippen LogP contribution in [-0.4, -0.2) is 17.0 Å². The molecule has 2 heterocycles. The first-order valence-corrected chi connectivity index (χ1v) is 12.7. The van der Waals surface area contributed by atoms with Crippen LogP contribution in [0.15, 0.2) is 51.6 Å². The van der Waals surface area contributed by atoms with Gasteiger partial charge in [-0.3, -0.25) is 9.59 Å². The van der Waals surface area contributed by atoms with Gasteiger partial charge in [0.2, 0.25) is 0 Å². The predicted molar refractivity (Wildman–Crippen MR) is 149 cm³/mol. The highest BCUT2D eigenvalue weighted by molar-refractivity contribution is 9.10. The van der Waals surface area contributed by atoms with E-state index in [-0.39, 0.29) is 16.4 Å². The van der Waals surface area contributed by atoms with Gasteiger partial charge >= 0.3 is 23.2 Å². The Morgan fingerprint density at radius 1 is 0.784 bits per heavy atom. The van der Waals surface area contributed by atoms with Crippen molar-refractivity contribution in [3.05, 3.63) is 80.8 Å². The summed E-state index contributed by atoms with van der Waals surface area (Å²) in [7, 11) is 0. The topological polar surface area (TPSA) is 124 Å². The lowest BCUT2D eigenvalue weighted by Crippen LogP contribution is -2.03. The van der Waals surface area contributed by atoms with Crippen molar-refractivity contribution in [2.24, 2.45) is 0 Å². The average molecular weight is 679 g/mol. The fourth-order valence-electron chi connectivity index (χ4n) is 2.99. The van der Waals surface area contributed by atoms with Gasteiger partial charge in [0.1, 0.15) is 25.9 Å². The van der Waals surface area contributed by atoms with Crippen molar-refractivity contribution >= 4 is 88.9 Å². The average Bonchev–Trinajstić information content (AvgIpc) is 2.79. The number of phenols is 1. The van der Waals surface area contributed by atoms with Crippen LogP contribution in [0.3, 0.4) is 0 Å². The van der Waals surface area contributed by atoms with E-state index in [0.29, 0.717) is 30.5 Å². The molecule has 0 spiro atoms. The SMILES string of the molecule is CC(=O)OC(C)=O.Cc1c(Br)c(=O)oc2cc(O)c(Cl)cc12.Cc1cc2oc(=O)c(Br)c(C)c2cc1Cl. The molecule has 0 saturated carbocycles. The predicted octanol–water partition coefficient (Wildman–Crippen LogP) is 7.14. The second-order valence-electron chi connectivity index (χ2n) is 7.64. The van der Waals surface area contributed by atoms with Crippen LogP contribution in [0.25, 0.3) is 21.9 Å². The molecule has 0 aliphatic heterocycles. The van der Waals surface area contributed by atoms with Crippen LogP contribution < -0.4 is 11.3 Å². The summed E-state index contributed by atoms with van der Waals surface area (Å²) in [5.41, 5.74) is 2.55. The van der Waals surface area contributed by atoms with Crippen molar-refractivity contribution in [1.29, 1.82) is 0 Å². The summed E-state index contributed by atoms with van der Waals surface area (Å²) >= 11 is 18.1. The number of esters is 2. The van der Waals surface area contributed by atoms with Gasteiger partial charge < -0.3 is 18.7 Å². The molecule has 0 radical (unpaired) electrons. The molecule has 4 rings (SSSR count). The van der Waals surface area contributed by atoms with Crippen LogP contribution in [0, 0.1) is 20.8 Å². The Kier molecular flexibility index (Phi) is 10.5. The second-order valence-corrected chi connectivity index (χ2v) is 10.0. The van der Waals surface area contributed by atoms with Crippen molar-refractivity contribution in [2.75, 3.05) is 0 Å². The Morgan fingerprint density at radius 3 is 1.59 bits per heavy atom. The molecule has 0 aliphatic rings. The largest absolute Gasteiger partial charge is 0.506 e. The molecule has 12 heteroatoms. The number of ether oxygens (including phenoxy) is 1. The first-order valence-electron chi connectivity index (χ1n) is 10.3. The molecule has 0 fully saturated rings. The molecule has 0 atom stereocenters. The number of benzene rings is 2. The van der Waals surface area contributed by atoms with E-state index in [9.17, 15) is 24.3 Å². The third-order valence-corrected chi connectivity index (χ3v) is 7.37. The van der Waals surface area contributed by atoms with Gasteiger partial charge in [0.25, 0.3) is 0 Å². The Hall–Kier alpha value is -2.66. The minimum Gasteiger partial charge on any atom is -0.506 e. The third-order valence-electron chi connectivity index (χ3n) is 4.83. The van der Waals surface area contributed by atoms with Crippen LogP contribution in [0.4, 0.5) is 0 Å². The van der Waals surface area contributed by atoms with Crippen molar-refractivity contribution in [3.63, 3.8) is 0 Å². The number of rotatable bonds is 0. The molecule has 0 amide bonds. The van der Waals surface area contributed by atoms with E-state index in [4.69, 9.17) is 32.0 Å². The number of fused-ring (bicyclic) bond motifs is 2. The standard InChI is InChI=1S/C11H8BrClO2.C10H6BrClO3.C4H6O3/c1-5-3-9-7(4-8(5)13)6(2)10(12)11(14)15-9;1-4-5-2-6(12)7(13)3-8(5)15-10(14)9(4)11;1-3(5)7-4(2)6/h3-4H,1-2H3;2-3,13H,1H3;1-2H3. The van der Waals surface area contributed by atoms with E-state index in [0.717, 1.165) is 22.1 Å². The van der Waals surface area contributed by atoms with E-state index in [2.05, 4.69) is 36.6 Å². The number of halogens is 4. The molecule has 4 aromatic rings. The van der Waals surface area contributed by atoms with E-state index in [1.165, 1.54) is 19.9 Å². The van der Waals surface area contributed by atoms with Gasteiger partial charge in [-0.2, -0.15) is 0 Å². The van der Waals surface area contributed by atoms with E-state index < -0.39 is 17.6 Å². The molecule has 37 heavy (non-hydrogen) atoms. The maximum Gasteiger partial charge on any atom is 0.350 e. The minimum atomic E-state index is -0.562. The quantitative estimate of drug-likeness (QED) is 0.118. The number of phenolic OH excluding ortho intramolecular Hbond substituents is 1. The molecule has 1 N–H and O–H groups in total. The first-order chi connectivity index (χ1) is 17.1. The Morgan fingerprint density at radius 2 is 1.19 bits per heavy atom. The normalized spacial score (nSPS) is 10.3. The summed E-state index contributed by atoms with van der Waals surface area (Å²) in [6, 6.07) is 6.49. The lowest BCUT2D eigenvalue weighted by molar-refractivity contribution is -0.156. The summed E-state index contributed by atoms with van der Waals surface area (Å²) in [4.78, 5) is 42.3. The Labute approximate surface area is 237 Å². The van der Waals surface area contributed by atoms with Crippen molar-refractivity contribution < 1.29 is 28.3 Å². The summed E-state index contributed by atoms with van der Waals surface area (Å²) in [5, 5.41) is 11.8. The highest BCUT2D eigenvalue weighted by Crippen LogP contribution is 2.31. The van der Waals surface area contributed by atoms with Gasteiger partial charge in [0.15, 0.2) is 0 Å². The minimum absolute atomic E-state index is 0.103. The van der Waals surface area contributed by atoms with Crippen molar-refractivity contribution in [2.45, 2.75) is 34.6 Å². The van der Waals surface area contributed by atoms with Crippen LogP contribution >= 0.6 is 55.1 Å². The van der Waals surface area contributed by atoms with E-state index >= 15 is 0 Å². The van der Waals surface area contributed by atoms with Crippen molar-refractivity contribution in [1.82, 2.24) is 0 Å². The zero-order valence-electron chi connectivity index (χ0n) is 20.1. The smallest absolute Gasteiger partial charge is 0.350 e. The van der Waals surface area contributed by atoms with Crippen LogP contribution in [0.1, 0.15) is 30.5 Å². The molecule has 8 nitrogen and oxygen atoms in total. The number of hydrogen-bond acceptors (Lipinski definition) is 8. The zero-order chi connectivity index (χ0) is 28.2. The van der Waals surface area contributed by atoms with E-state index in [1.54, 1.807) is 19.1 Å². The Balaban J connectivity index is 0.000000210. The Bertz CT molecular complexity index is 1520. The molecule has 2 aromatic heterocycles. The summed E-state index contributed by atoms with van der Waals surface area (Å²) in [6.07, 6.45) is 0. The van der Waals surface area contributed by atoms with Crippen LogP contribution in [-0.2, 0) is 14.3 Å². The third kappa shape index (κ3) is 7.67.